The number of carbonyl (C=O) groups excluding carboxylic acids is 1. The van der Waals surface area contributed by atoms with Gasteiger partial charge in [0, 0.05) is 0 Å². The lowest BCUT2D eigenvalue weighted by Gasteiger charge is -2.13. The summed E-state index contributed by atoms with van der Waals surface area (Å²) < 4.78 is 43.7. The largest absolute Gasteiger partial charge is 0.459 e. The molecule has 0 radical (unpaired) electrons. The van der Waals surface area contributed by atoms with Crippen LogP contribution in [0.1, 0.15) is 16.1 Å². The minimum atomic E-state index is -4.65. The van der Waals surface area contributed by atoms with Crippen LogP contribution in [0.25, 0.3) is 0 Å². The van der Waals surface area contributed by atoms with Crippen LogP contribution in [0.15, 0.2) is 47.3 Å². The van der Waals surface area contributed by atoms with Crippen molar-refractivity contribution < 1.29 is 27.3 Å². The molecule has 0 unspecified atom stereocenters. The molecule has 0 spiro atoms. The Hall–Kier alpha value is -3.87. The first-order valence-electron chi connectivity index (χ1n) is 7.90. The molecule has 0 atom stereocenters. The number of furan rings is 1. The molecule has 1 aromatic carbocycles. The van der Waals surface area contributed by atoms with Crippen molar-refractivity contribution in [1.29, 1.82) is 0 Å². The third kappa shape index (κ3) is 4.57. The third-order valence-corrected chi connectivity index (χ3v) is 3.92. The molecule has 0 aliphatic heterocycles. The summed E-state index contributed by atoms with van der Waals surface area (Å²) in [5.41, 5.74) is 2.37. The first kappa shape index (κ1) is 20.9. The van der Waals surface area contributed by atoms with Crippen LogP contribution >= 0.6 is 11.6 Å². The van der Waals surface area contributed by atoms with Crippen molar-refractivity contribution in [3.05, 3.63) is 69.4 Å². The number of hydrazine groups is 1. The highest BCUT2D eigenvalue weighted by molar-refractivity contribution is 6.33. The maximum Gasteiger partial charge on any atom is 0.416 e. The standard InChI is InChI=1S/C16H10ClF3N6O4/c17-9-4-3-8(16(18,19)20)6-10(9)23-13-12(26(28)29)14(22-7-21-13)24-25-15(27)11-2-1-5-30-11/h1-7H,(H,25,27)(H2,21,22,23,24). The molecule has 3 rings (SSSR count). The molecule has 1 amide bonds. The second-order valence-corrected chi connectivity index (χ2v) is 5.96. The average molecular weight is 443 g/mol. The number of hydrogen-bond donors (Lipinski definition) is 3. The van der Waals surface area contributed by atoms with E-state index in [0.717, 1.165) is 18.5 Å². The zero-order valence-electron chi connectivity index (χ0n) is 14.5. The highest BCUT2D eigenvalue weighted by Crippen LogP contribution is 2.37. The van der Waals surface area contributed by atoms with Crippen molar-refractivity contribution in [2.24, 2.45) is 0 Å². The first-order valence-corrected chi connectivity index (χ1v) is 8.27. The first-order chi connectivity index (χ1) is 14.2. The summed E-state index contributed by atoms with van der Waals surface area (Å²) in [6.07, 6.45) is -2.50. The van der Waals surface area contributed by atoms with Gasteiger partial charge in [0.1, 0.15) is 6.33 Å². The molecule has 0 aliphatic carbocycles. The minimum absolute atomic E-state index is 0.0756. The number of anilines is 3. The van der Waals surface area contributed by atoms with E-state index in [4.69, 9.17) is 16.0 Å². The average Bonchev–Trinajstić information content (AvgIpc) is 3.21. The lowest BCUT2D eigenvalue weighted by molar-refractivity contribution is -0.383. The molecule has 2 heterocycles. The number of nitrogens with zero attached hydrogens (tertiary/aromatic N) is 3. The highest BCUT2D eigenvalue weighted by atomic mass is 35.5. The van der Waals surface area contributed by atoms with Gasteiger partial charge in [0.05, 0.1) is 27.5 Å². The van der Waals surface area contributed by atoms with E-state index in [1.165, 1.54) is 18.4 Å². The van der Waals surface area contributed by atoms with Gasteiger partial charge in [-0.3, -0.25) is 25.8 Å². The smallest absolute Gasteiger partial charge is 0.416 e. The van der Waals surface area contributed by atoms with E-state index in [2.05, 4.69) is 26.1 Å². The Morgan fingerprint density at radius 1 is 1.20 bits per heavy atom. The number of hydrogen-bond acceptors (Lipinski definition) is 8. The van der Waals surface area contributed by atoms with Gasteiger partial charge < -0.3 is 9.73 Å². The van der Waals surface area contributed by atoms with Crippen molar-refractivity contribution >= 4 is 40.5 Å². The fourth-order valence-corrected chi connectivity index (χ4v) is 2.41. The Balaban J connectivity index is 1.90. The number of alkyl halides is 3. The summed E-state index contributed by atoms with van der Waals surface area (Å²) in [6, 6.07) is 5.25. The third-order valence-electron chi connectivity index (χ3n) is 3.59. The Kier molecular flexibility index (Phi) is 5.73. The fraction of sp³-hybridized carbons (Fsp3) is 0.0625. The summed E-state index contributed by atoms with van der Waals surface area (Å²) in [5.74, 6) is -1.71. The number of aromatic nitrogens is 2. The minimum Gasteiger partial charge on any atom is -0.459 e. The number of halogens is 4. The molecule has 3 N–H and O–H groups in total. The zero-order valence-corrected chi connectivity index (χ0v) is 15.3. The van der Waals surface area contributed by atoms with E-state index in [9.17, 15) is 28.1 Å². The molecule has 0 bridgehead atoms. The van der Waals surface area contributed by atoms with E-state index >= 15 is 0 Å². The number of nitrogens with one attached hydrogen (secondary N) is 3. The van der Waals surface area contributed by atoms with E-state index in [-0.39, 0.29) is 16.5 Å². The van der Waals surface area contributed by atoms with Crippen molar-refractivity contribution in [2.75, 3.05) is 10.7 Å². The number of nitro groups is 1. The van der Waals surface area contributed by atoms with Crippen molar-refractivity contribution in [2.45, 2.75) is 6.18 Å². The molecule has 3 aromatic rings. The highest BCUT2D eigenvalue weighted by Gasteiger charge is 2.31. The van der Waals surface area contributed by atoms with Crippen molar-refractivity contribution in [3.8, 4) is 0 Å². The Labute approximate surface area is 170 Å². The molecule has 0 aliphatic rings. The Bertz CT molecular complexity index is 1090. The topological polar surface area (TPSA) is 135 Å². The van der Waals surface area contributed by atoms with E-state index < -0.39 is 39.9 Å². The van der Waals surface area contributed by atoms with Crippen LogP contribution in [0.3, 0.4) is 0 Å². The van der Waals surface area contributed by atoms with Crippen LogP contribution < -0.4 is 16.2 Å². The van der Waals surface area contributed by atoms with Gasteiger partial charge in [0.25, 0.3) is 0 Å². The molecule has 0 saturated heterocycles. The quantitative estimate of drug-likeness (QED) is 0.382. The predicted octanol–water partition coefficient (Wildman–Crippen LogP) is 4.15. The molecule has 30 heavy (non-hydrogen) atoms. The van der Waals surface area contributed by atoms with Gasteiger partial charge in [0.2, 0.25) is 11.6 Å². The summed E-state index contributed by atoms with van der Waals surface area (Å²) in [5, 5.41) is 13.8. The van der Waals surface area contributed by atoms with E-state index in [1.54, 1.807) is 0 Å². The number of amides is 1. The number of benzene rings is 1. The van der Waals surface area contributed by atoms with Crippen LogP contribution in [0.5, 0.6) is 0 Å². The number of rotatable bonds is 6. The van der Waals surface area contributed by atoms with Crippen LogP contribution in [0.2, 0.25) is 5.02 Å². The van der Waals surface area contributed by atoms with Crippen LogP contribution in [0.4, 0.5) is 36.2 Å². The zero-order chi connectivity index (χ0) is 21.9. The van der Waals surface area contributed by atoms with Crippen LogP contribution in [-0.2, 0) is 6.18 Å². The molecule has 14 heteroatoms. The molecule has 0 saturated carbocycles. The van der Waals surface area contributed by atoms with Gasteiger partial charge in [-0.1, -0.05) is 11.6 Å². The van der Waals surface area contributed by atoms with Crippen LogP contribution in [0, 0.1) is 10.1 Å². The molecule has 0 fully saturated rings. The lowest BCUT2D eigenvalue weighted by atomic mass is 10.2. The van der Waals surface area contributed by atoms with Gasteiger partial charge in [-0.2, -0.15) is 13.2 Å². The SMILES string of the molecule is O=C(NNc1ncnc(Nc2cc(C(F)(F)F)ccc2Cl)c1[N+](=O)[O-])c1ccco1. The van der Waals surface area contributed by atoms with Crippen molar-refractivity contribution in [3.63, 3.8) is 0 Å². The Morgan fingerprint density at radius 2 is 1.93 bits per heavy atom. The van der Waals surface area contributed by atoms with E-state index in [1.807, 2.05) is 0 Å². The van der Waals surface area contributed by atoms with Gasteiger partial charge in [-0.25, -0.2) is 9.97 Å². The van der Waals surface area contributed by atoms with Gasteiger partial charge in [0.15, 0.2) is 5.76 Å². The molecule has 156 valence electrons. The molecule has 2 aromatic heterocycles. The molecular formula is C16H10ClF3N6O4. The summed E-state index contributed by atoms with van der Waals surface area (Å²) in [6.45, 7) is 0. The van der Waals surface area contributed by atoms with E-state index in [0.29, 0.717) is 6.07 Å². The van der Waals surface area contributed by atoms with Crippen LogP contribution in [-0.4, -0.2) is 20.8 Å². The van der Waals surface area contributed by atoms with Gasteiger partial charge in [-0.05, 0) is 30.3 Å². The summed E-state index contributed by atoms with van der Waals surface area (Å²) in [4.78, 5) is 29.9. The Morgan fingerprint density at radius 3 is 2.57 bits per heavy atom. The molecule has 10 nitrogen and oxygen atoms in total. The van der Waals surface area contributed by atoms with Gasteiger partial charge in [-0.15, -0.1) is 0 Å². The summed E-state index contributed by atoms with van der Waals surface area (Å²) in [7, 11) is 0. The van der Waals surface area contributed by atoms with Crippen molar-refractivity contribution in [1.82, 2.24) is 15.4 Å². The maximum absolute atomic E-state index is 12.9. The lowest BCUT2D eigenvalue weighted by Crippen LogP contribution is -2.30. The predicted molar refractivity (Wildman–Crippen MR) is 98.2 cm³/mol. The normalized spacial score (nSPS) is 11.1. The van der Waals surface area contributed by atoms with Gasteiger partial charge >= 0.3 is 17.8 Å². The maximum atomic E-state index is 12.9. The molecular weight excluding hydrogens is 433 g/mol. The second kappa shape index (κ2) is 8.24. The number of carbonyl (C=O) groups is 1. The second-order valence-electron chi connectivity index (χ2n) is 5.55. The summed E-state index contributed by atoms with van der Waals surface area (Å²) >= 11 is 5.90. The monoisotopic (exact) mass is 442 g/mol. The fourth-order valence-electron chi connectivity index (χ4n) is 2.24.